The molecule has 10 nitrogen and oxygen atoms in total. The summed E-state index contributed by atoms with van der Waals surface area (Å²) in [7, 11) is 0. The Morgan fingerprint density at radius 2 is 1.91 bits per heavy atom. The molecule has 3 aromatic heterocycles. The highest BCUT2D eigenvalue weighted by molar-refractivity contribution is 5.90. The van der Waals surface area contributed by atoms with Crippen LogP contribution in [0.25, 0.3) is 16.8 Å². The number of carbonyl (C=O) groups is 2. The third kappa shape index (κ3) is 4.30. The van der Waals surface area contributed by atoms with Crippen LogP contribution in [0.15, 0.2) is 60.9 Å². The second-order valence-corrected chi connectivity index (χ2v) is 8.00. The molecule has 1 aliphatic rings. The lowest BCUT2D eigenvalue weighted by molar-refractivity contribution is -0.114. The summed E-state index contributed by atoms with van der Waals surface area (Å²) in [5.41, 5.74) is 4.52. The maximum atomic E-state index is 13.1. The summed E-state index contributed by atoms with van der Waals surface area (Å²) >= 11 is 0. The van der Waals surface area contributed by atoms with Gasteiger partial charge in [0.25, 0.3) is 0 Å². The summed E-state index contributed by atoms with van der Waals surface area (Å²) in [4.78, 5) is 38.8. The standard InChI is InChI=1S/C24H23N7O3/c1-15-20(27-24(33)31-21(9-11-34-31)17-6-4-3-5-7-17)12-19(14-25-15)18-8-10-30-22(13-18)28-23(29-30)26-16(2)32/h3-8,10,12-14,21H,9,11H2,1-2H3,(H,27,33)(H,26,29,32)/t21-/m0/s1. The minimum absolute atomic E-state index is 0.147. The number of aromatic nitrogens is 4. The molecule has 0 unspecified atom stereocenters. The van der Waals surface area contributed by atoms with Gasteiger partial charge in [-0.2, -0.15) is 10.0 Å². The third-order valence-electron chi connectivity index (χ3n) is 5.58. The van der Waals surface area contributed by atoms with Crippen molar-refractivity contribution in [3.8, 4) is 11.1 Å². The number of hydrogen-bond acceptors (Lipinski definition) is 6. The van der Waals surface area contributed by atoms with E-state index >= 15 is 0 Å². The molecule has 4 aromatic rings. The second kappa shape index (κ2) is 8.91. The van der Waals surface area contributed by atoms with Crippen LogP contribution < -0.4 is 10.6 Å². The van der Waals surface area contributed by atoms with Crippen LogP contribution >= 0.6 is 0 Å². The zero-order valence-corrected chi connectivity index (χ0v) is 18.7. The molecule has 172 valence electrons. The van der Waals surface area contributed by atoms with E-state index in [9.17, 15) is 9.59 Å². The predicted octanol–water partition coefficient (Wildman–Crippen LogP) is 3.97. The number of fused-ring (bicyclic) bond motifs is 1. The molecule has 1 aliphatic heterocycles. The fourth-order valence-electron chi connectivity index (χ4n) is 3.91. The molecule has 1 fully saturated rings. The van der Waals surface area contributed by atoms with Crippen molar-refractivity contribution in [3.05, 3.63) is 72.2 Å². The zero-order valence-electron chi connectivity index (χ0n) is 18.7. The number of benzene rings is 1. The fraction of sp³-hybridized carbons (Fsp3) is 0.208. The number of nitrogens with one attached hydrogen (secondary N) is 2. The van der Waals surface area contributed by atoms with Gasteiger partial charge in [0.05, 0.1) is 24.0 Å². The topological polar surface area (TPSA) is 114 Å². The van der Waals surface area contributed by atoms with E-state index in [4.69, 9.17) is 4.84 Å². The van der Waals surface area contributed by atoms with Crippen LogP contribution in [-0.4, -0.2) is 43.2 Å². The Morgan fingerprint density at radius 1 is 1.09 bits per heavy atom. The first kappa shape index (κ1) is 21.5. The zero-order chi connectivity index (χ0) is 23.7. The summed E-state index contributed by atoms with van der Waals surface area (Å²) in [6.45, 7) is 3.71. The van der Waals surface area contributed by atoms with Crippen LogP contribution in [0.1, 0.15) is 30.6 Å². The Hall–Kier alpha value is -4.31. The molecule has 5 rings (SSSR count). The van der Waals surface area contributed by atoms with Gasteiger partial charge in [-0.25, -0.2) is 9.31 Å². The van der Waals surface area contributed by atoms with E-state index in [0.29, 0.717) is 23.6 Å². The number of urea groups is 1. The van der Waals surface area contributed by atoms with Crippen molar-refractivity contribution < 1.29 is 14.4 Å². The summed E-state index contributed by atoms with van der Waals surface area (Å²) in [5, 5.41) is 11.1. The van der Waals surface area contributed by atoms with Crippen LogP contribution in [-0.2, 0) is 9.63 Å². The van der Waals surface area contributed by atoms with Crippen molar-refractivity contribution in [1.29, 1.82) is 0 Å². The van der Waals surface area contributed by atoms with Crippen molar-refractivity contribution in [3.63, 3.8) is 0 Å². The van der Waals surface area contributed by atoms with Crippen molar-refractivity contribution in [1.82, 2.24) is 24.6 Å². The van der Waals surface area contributed by atoms with E-state index in [0.717, 1.165) is 23.1 Å². The van der Waals surface area contributed by atoms with Gasteiger partial charge in [-0.15, -0.1) is 5.10 Å². The Morgan fingerprint density at radius 3 is 2.71 bits per heavy atom. The van der Waals surface area contributed by atoms with Gasteiger partial charge in [0.2, 0.25) is 11.9 Å². The lowest BCUT2D eigenvalue weighted by atomic mass is 10.1. The molecule has 1 atom stereocenters. The Labute approximate surface area is 195 Å². The maximum Gasteiger partial charge on any atom is 0.346 e. The molecule has 1 aromatic carbocycles. The fourth-order valence-corrected chi connectivity index (χ4v) is 3.91. The largest absolute Gasteiger partial charge is 0.346 e. The van der Waals surface area contributed by atoms with Crippen LogP contribution in [0.3, 0.4) is 0 Å². The number of hydroxylamine groups is 2. The van der Waals surface area contributed by atoms with Gasteiger partial charge in [-0.05, 0) is 36.2 Å². The lowest BCUT2D eigenvalue weighted by Gasteiger charge is -2.23. The number of hydrogen-bond donors (Lipinski definition) is 2. The van der Waals surface area contributed by atoms with Gasteiger partial charge in [-0.1, -0.05) is 30.3 Å². The van der Waals surface area contributed by atoms with Gasteiger partial charge in [0, 0.05) is 31.3 Å². The monoisotopic (exact) mass is 457 g/mol. The second-order valence-electron chi connectivity index (χ2n) is 8.00. The quantitative estimate of drug-likeness (QED) is 0.479. The first-order valence-corrected chi connectivity index (χ1v) is 10.9. The van der Waals surface area contributed by atoms with Crippen LogP contribution in [0, 0.1) is 6.92 Å². The number of nitrogens with zero attached hydrogens (tertiary/aromatic N) is 5. The molecule has 0 spiro atoms. The summed E-state index contributed by atoms with van der Waals surface area (Å²) < 4.78 is 1.58. The average molecular weight is 457 g/mol. The summed E-state index contributed by atoms with van der Waals surface area (Å²) in [5.74, 6) is -0.00560. The van der Waals surface area contributed by atoms with Crippen molar-refractivity contribution in [2.24, 2.45) is 0 Å². The molecule has 0 saturated carbocycles. The number of anilines is 2. The SMILES string of the molecule is CC(=O)Nc1nc2cc(-c3cnc(C)c(NC(=O)N4OCC[C@H]4c4ccccc4)c3)ccn2n1. The minimum Gasteiger partial charge on any atom is -0.304 e. The first-order chi connectivity index (χ1) is 16.5. The van der Waals surface area contributed by atoms with Crippen LogP contribution in [0.5, 0.6) is 0 Å². The number of pyridine rings is 2. The van der Waals surface area contributed by atoms with E-state index in [-0.39, 0.29) is 23.9 Å². The predicted molar refractivity (Wildman–Crippen MR) is 126 cm³/mol. The average Bonchev–Trinajstić information content (AvgIpc) is 3.47. The molecule has 3 amide bonds. The highest BCUT2D eigenvalue weighted by Gasteiger charge is 2.32. The van der Waals surface area contributed by atoms with Crippen LogP contribution in [0.2, 0.25) is 0 Å². The molecule has 2 N–H and O–H groups in total. The van der Waals surface area contributed by atoms with Gasteiger partial charge in [-0.3, -0.25) is 19.9 Å². The van der Waals surface area contributed by atoms with E-state index < -0.39 is 0 Å². The maximum absolute atomic E-state index is 13.1. The molecular formula is C24H23N7O3. The third-order valence-corrected chi connectivity index (χ3v) is 5.58. The van der Waals surface area contributed by atoms with E-state index in [1.165, 1.54) is 12.0 Å². The Balaban J connectivity index is 1.38. The Kier molecular flexibility index (Phi) is 5.64. The van der Waals surface area contributed by atoms with Crippen molar-refractivity contribution in [2.75, 3.05) is 17.2 Å². The van der Waals surface area contributed by atoms with E-state index in [1.807, 2.05) is 55.5 Å². The van der Waals surface area contributed by atoms with Crippen molar-refractivity contribution in [2.45, 2.75) is 26.3 Å². The summed E-state index contributed by atoms with van der Waals surface area (Å²) in [6.07, 6.45) is 4.22. The normalized spacial score (nSPS) is 15.5. The molecule has 10 heteroatoms. The van der Waals surface area contributed by atoms with Gasteiger partial charge >= 0.3 is 6.03 Å². The molecule has 1 saturated heterocycles. The number of aryl methyl sites for hydroxylation is 1. The highest BCUT2D eigenvalue weighted by atomic mass is 16.7. The molecule has 0 radical (unpaired) electrons. The Bertz CT molecular complexity index is 1370. The van der Waals surface area contributed by atoms with E-state index in [2.05, 4.69) is 25.7 Å². The first-order valence-electron chi connectivity index (χ1n) is 10.9. The number of amides is 3. The smallest absolute Gasteiger partial charge is 0.304 e. The van der Waals surface area contributed by atoms with Gasteiger partial charge < -0.3 is 5.32 Å². The van der Waals surface area contributed by atoms with Crippen LogP contribution in [0.4, 0.5) is 16.4 Å². The highest BCUT2D eigenvalue weighted by Crippen LogP contribution is 2.31. The van der Waals surface area contributed by atoms with Gasteiger partial charge in [0.1, 0.15) is 0 Å². The lowest BCUT2D eigenvalue weighted by Crippen LogP contribution is -2.33. The minimum atomic E-state index is -0.346. The summed E-state index contributed by atoms with van der Waals surface area (Å²) in [6, 6.07) is 14.9. The van der Waals surface area contributed by atoms with E-state index in [1.54, 1.807) is 16.9 Å². The molecule has 4 heterocycles. The molecule has 0 bridgehead atoms. The van der Waals surface area contributed by atoms with Gasteiger partial charge in [0.15, 0.2) is 5.65 Å². The number of carbonyl (C=O) groups excluding carboxylic acids is 2. The molecular weight excluding hydrogens is 434 g/mol. The number of rotatable bonds is 4. The molecule has 0 aliphatic carbocycles. The molecule has 34 heavy (non-hydrogen) atoms. The van der Waals surface area contributed by atoms with Crippen molar-refractivity contribution >= 4 is 29.2 Å².